The Bertz CT molecular complexity index is 693. The minimum absolute atomic E-state index is 0.0518. The lowest BCUT2D eigenvalue weighted by atomic mass is 10.1. The van der Waals surface area contributed by atoms with Crippen molar-refractivity contribution in [1.29, 1.82) is 0 Å². The van der Waals surface area contributed by atoms with Gasteiger partial charge in [0.15, 0.2) is 4.77 Å². The van der Waals surface area contributed by atoms with E-state index in [2.05, 4.69) is 18.8 Å². The van der Waals surface area contributed by atoms with Gasteiger partial charge in [-0.1, -0.05) is 20.3 Å². The predicted molar refractivity (Wildman–Crippen MR) is 80.2 cm³/mol. The van der Waals surface area contributed by atoms with E-state index in [9.17, 15) is 4.79 Å². The fourth-order valence-electron chi connectivity index (χ4n) is 1.97. The van der Waals surface area contributed by atoms with Crippen LogP contribution in [0.3, 0.4) is 0 Å². The number of hydrogen-bond acceptors (Lipinski definition) is 3. The Morgan fingerprint density at radius 2 is 2.11 bits per heavy atom. The van der Waals surface area contributed by atoms with Crippen LogP contribution in [0.25, 0.3) is 10.2 Å². The number of aromatic amines is 1. The fourth-order valence-corrected chi connectivity index (χ4v) is 3.35. The number of fused-ring (bicyclic) bond motifs is 1. The third-order valence-electron chi connectivity index (χ3n) is 3.50. The highest BCUT2D eigenvalue weighted by Gasteiger charge is 2.13. The molecule has 3 nitrogen and oxygen atoms in total. The number of thiophene rings is 1. The van der Waals surface area contributed by atoms with Crippen LogP contribution in [-0.4, -0.2) is 9.55 Å². The molecule has 0 fully saturated rings. The highest BCUT2D eigenvalue weighted by atomic mass is 32.1. The quantitative estimate of drug-likeness (QED) is 0.870. The molecule has 0 aliphatic heterocycles. The van der Waals surface area contributed by atoms with Gasteiger partial charge in [0.1, 0.15) is 4.83 Å². The van der Waals surface area contributed by atoms with Gasteiger partial charge in [0.2, 0.25) is 0 Å². The van der Waals surface area contributed by atoms with Crippen LogP contribution in [0.2, 0.25) is 0 Å². The SMILES string of the molecule is CCC(C)Cn1c(=S)[nH]c2sc(C)c(C)c2c1=O. The maximum Gasteiger partial charge on any atom is 0.263 e. The van der Waals surface area contributed by atoms with Crippen LogP contribution in [0.4, 0.5) is 0 Å². The minimum Gasteiger partial charge on any atom is -0.323 e. The third-order valence-corrected chi connectivity index (χ3v) is 4.95. The summed E-state index contributed by atoms with van der Waals surface area (Å²) in [4.78, 5) is 17.8. The molecule has 2 rings (SSSR count). The number of hydrogen-bond donors (Lipinski definition) is 1. The van der Waals surface area contributed by atoms with Gasteiger partial charge < -0.3 is 4.98 Å². The highest BCUT2D eigenvalue weighted by molar-refractivity contribution is 7.71. The monoisotopic (exact) mass is 282 g/mol. The molecule has 1 atom stereocenters. The smallest absolute Gasteiger partial charge is 0.263 e. The molecule has 0 aromatic carbocycles. The van der Waals surface area contributed by atoms with Crippen LogP contribution in [-0.2, 0) is 6.54 Å². The summed E-state index contributed by atoms with van der Waals surface area (Å²) in [6.45, 7) is 8.99. The van der Waals surface area contributed by atoms with E-state index in [-0.39, 0.29) is 5.56 Å². The van der Waals surface area contributed by atoms with Gasteiger partial charge >= 0.3 is 0 Å². The summed E-state index contributed by atoms with van der Waals surface area (Å²) in [6.07, 6.45) is 1.04. The Balaban J connectivity index is 2.72. The van der Waals surface area contributed by atoms with Crippen molar-refractivity contribution < 1.29 is 0 Å². The second-order valence-electron chi connectivity index (χ2n) is 4.85. The molecule has 0 spiro atoms. The molecular formula is C13H18N2OS2. The average molecular weight is 282 g/mol. The molecule has 0 bridgehead atoms. The molecule has 1 unspecified atom stereocenters. The van der Waals surface area contributed by atoms with Crippen LogP contribution >= 0.6 is 23.6 Å². The standard InChI is InChI=1S/C13H18N2OS2/c1-5-7(2)6-15-12(16)10-8(3)9(4)18-11(10)14-13(15)17/h7H,5-6H2,1-4H3,(H,14,17). The van der Waals surface area contributed by atoms with Crippen LogP contribution in [0.1, 0.15) is 30.7 Å². The number of nitrogens with zero attached hydrogens (tertiary/aromatic N) is 1. The van der Waals surface area contributed by atoms with Crippen LogP contribution in [0.15, 0.2) is 4.79 Å². The molecule has 0 saturated carbocycles. The van der Waals surface area contributed by atoms with E-state index < -0.39 is 0 Å². The van der Waals surface area contributed by atoms with E-state index in [4.69, 9.17) is 12.2 Å². The molecule has 0 aliphatic carbocycles. The van der Waals surface area contributed by atoms with E-state index in [1.54, 1.807) is 15.9 Å². The molecular weight excluding hydrogens is 264 g/mol. The van der Waals surface area contributed by atoms with Crippen molar-refractivity contribution in [2.75, 3.05) is 0 Å². The molecule has 2 heterocycles. The van der Waals surface area contributed by atoms with E-state index in [1.165, 1.54) is 4.88 Å². The van der Waals surface area contributed by atoms with Crippen molar-refractivity contribution in [2.45, 2.75) is 40.7 Å². The Morgan fingerprint density at radius 3 is 2.72 bits per heavy atom. The van der Waals surface area contributed by atoms with Crippen LogP contribution in [0, 0.1) is 24.5 Å². The fraction of sp³-hybridized carbons (Fsp3) is 0.538. The van der Waals surface area contributed by atoms with Gasteiger partial charge in [0, 0.05) is 11.4 Å². The Morgan fingerprint density at radius 1 is 1.44 bits per heavy atom. The number of H-pyrrole nitrogens is 1. The molecule has 98 valence electrons. The van der Waals surface area contributed by atoms with Gasteiger partial charge in [-0.25, -0.2) is 0 Å². The molecule has 0 amide bonds. The summed E-state index contributed by atoms with van der Waals surface area (Å²) in [5.41, 5.74) is 1.13. The van der Waals surface area contributed by atoms with Crippen molar-refractivity contribution in [3.05, 3.63) is 25.6 Å². The first-order valence-electron chi connectivity index (χ1n) is 6.18. The first-order chi connectivity index (χ1) is 8.45. The van der Waals surface area contributed by atoms with Gasteiger partial charge in [-0.3, -0.25) is 9.36 Å². The van der Waals surface area contributed by atoms with Crippen LogP contribution < -0.4 is 5.56 Å². The molecule has 2 aromatic rings. The lowest BCUT2D eigenvalue weighted by molar-refractivity contribution is 0.454. The molecule has 0 aliphatic rings. The largest absolute Gasteiger partial charge is 0.323 e. The second-order valence-corrected chi connectivity index (χ2v) is 6.46. The lowest BCUT2D eigenvalue weighted by Gasteiger charge is -2.11. The first kappa shape index (κ1) is 13.5. The number of aryl methyl sites for hydroxylation is 2. The predicted octanol–water partition coefficient (Wildman–Crippen LogP) is 3.78. The van der Waals surface area contributed by atoms with E-state index in [0.717, 1.165) is 22.2 Å². The van der Waals surface area contributed by atoms with Crippen molar-refractivity contribution >= 4 is 33.8 Å². The van der Waals surface area contributed by atoms with Crippen molar-refractivity contribution in [3.63, 3.8) is 0 Å². The van der Waals surface area contributed by atoms with Crippen molar-refractivity contribution in [2.24, 2.45) is 5.92 Å². The maximum absolute atomic E-state index is 12.5. The third kappa shape index (κ3) is 2.17. The summed E-state index contributed by atoms with van der Waals surface area (Å²) in [6, 6.07) is 0. The molecule has 18 heavy (non-hydrogen) atoms. The first-order valence-corrected chi connectivity index (χ1v) is 7.41. The Labute approximate surface area is 115 Å². The molecule has 1 N–H and O–H groups in total. The second kappa shape index (κ2) is 4.97. The van der Waals surface area contributed by atoms with Crippen molar-refractivity contribution in [1.82, 2.24) is 9.55 Å². The summed E-state index contributed by atoms with van der Waals surface area (Å²) in [5, 5.41) is 0.800. The normalized spacial score (nSPS) is 13.1. The number of nitrogens with one attached hydrogen (secondary N) is 1. The highest BCUT2D eigenvalue weighted by Crippen LogP contribution is 2.25. The van der Waals surface area contributed by atoms with Crippen molar-refractivity contribution in [3.8, 4) is 0 Å². The van der Waals surface area contributed by atoms with E-state index in [1.807, 2.05) is 13.8 Å². The van der Waals surface area contributed by atoms with E-state index in [0.29, 0.717) is 17.2 Å². The van der Waals surface area contributed by atoms with E-state index >= 15 is 0 Å². The van der Waals surface area contributed by atoms with Gasteiger partial charge in [0.25, 0.3) is 5.56 Å². The van der Waals surface area contributed by atoms with Gasteiger partial charge in [0.05, 0.1) is 5.39 Å². The zero-order valence-electron chi connectivity index (χ0n) is 11.2. The van der Waals surface area contributed by atoms with Gasteiger partial charge in [-0.15, -0.1) is 11.3 Å². The van der Waals surface area contributed by atoms with Crippen LogP contribution in [0.5, 0.6) is 0 Å². The molecule has 0 radical (unpaired) electrons. The maximum atomic E-state index is 12.5. The topological polar surface area (TPSA) is 37.8 Å². The molecule has 5 heteroatoms. The Hall–Kier alpha value is -0.940. The van der Waals surface area contributed by atoms with Gasteiger partial charge in [-0.2, -0.15) is 0 Å². The minimum atomic E-state index is 0.0518. The lowest BCUT2D eigenvalue weighted by Crippen LogP contribution is -2.24. The summed E-state index contributed by atoms with van der Waals surface area (Å²) in [7, 11) is 0. The zero-order chi connectivity index (χ0) is 13.4. The van der Waals surface area contributed by atoms with Gasteiger partial charge in [-0.05, 0) is 37.5 Å². The summed E-state index contributed by atoms with van der Waals surface area (Å²) in [5.74, 6) is 0.454. The molecule has 2 aromatic heterocycles. The number of rotatable bonds is 3. The molecule has 0 saturated heterocycles. The summed E-state index contributed by atoms with van der Waals surface area (Å²) >= 11 is 6.90. The average Bonchev–Trinajstić information content (AvgIpc) is 2.60. The number of aromatic nitrogens is 2. The Kier molecular flexibility index (Phi) is 3.73. The summed E-state index contributed by atoms with van der Waals surface area (Å²) < 4.78 is 2.24. The zero-order valence-corrected chi connectivity index (χ0v) is 12.8.